The summed E-state index contributed by atoms with van der Waals surface area (Å²) in [6.07, 6.45) is 55.8. The third-order valence-corrected chi connectivity index (χ3v) is 11.8. The lowest BCUT2D eigenvalue weighted by atomic mass is 10.1. The summed E-state index contributed by atoms with van der Waals surface area (Å²) in [6.45, 7) is 4.71. The van der Waals surface area contributed by atoms with Crippen molar-refractivity contribution in [1.29, 1.82) is 0 Å². The molecule has 1 N–H and O–H groups in total. The second kappa shape index (κ2) is 45.8. The van der Waals surface area contributed by atoms with Gasteiger partial charge in [0, 0.05) is 19.3 Å². The number of quaternary nitrogens is 1. The number of hydrogen-bond donors (Lipinski definition) is 1. The third-order valence-electron chi connectivity index (χ3n) is 11.8. The third kappa shape index (κ3) is 44.3. The first-order valence-corrected chi connectivity index (χ1v) is 26.2. The first kappa shape index (κ1) is 60.3. The predicted molar refractivity (Wildman–Crippen MR) is 266 cm³/mol. The van der Waals surface area contributed by atoms with E-state index in [1.54, 1.807) is 0 Å². The van der Waals surface area contributed by atoms with E-state index in [0.717, 1.165) is 38.5 Å². The maximum atomic E-state index is 12.8. The summed E-state index contributed by atoms with van der Waals surface area (Å²) in [5.41, 5.74) is 0. The number of unbranched alkanes of at least 4 members (excludes halogenated alkanes) is 27. The van der Waals surface area contributed by atoms with Crippen LogP contribution in [0.25, 0.3) is 0 Å². The van der Waals surface area contributed by atoms with Crippen LogP contribution in [-0.2, 0) is 28.6 Å². The summed E-state index contributed by atoms with van der Waals surface area (Å²) in [5, 5.41) is 9.66. The van der Waals surface area contributed by atoms with Crippen LogP contribution in [0, 0.1) is 0 Å². The van der Waals surface area contributed by atoms with Crippen molar-refractivity contribution in [3.05, 3.63) is 48.6 Å². The fraction of sp³-hybridized carbons (Fsp3) is 0.800. The Morgan fingerprint density at radius 3 is 1.22 bits per heavy atom. The average molecular weight is 887 g/mol. The van der Waals surface area contributed by atoms with E-state index in [9.17, 15) is 19.5 Å². The highest BCUT2D eigenvalue weighted by Crippen LogP contribution is 2.15. The van der Waals surface area contributed by atoms with Crippen LogP contribution in [0.2, 0.25) is 0 Å². The van der Waals surface area contributed by atoms with Crippen LogP contribution in [0.5, 0.6) is 0 Å². The van der Waals surface area contributed by atoms with Gasteiger partial charge in [0.15, 0.2) is 12.1 Å². The Bertz CT molecular complexity index is 1170. The molecule has 0 heterocycles. The van der Waals surface area contributed by atoms with Gasteiger partial charge in [0.05, 0.1) is 34.4 Å². The number of nitrogens with zero attached hydrogens (tertiary/aromatic N) is 1. The topological polar surface area (TPSA) is 99.1 Å². The highest BCUT2D eigenvalue weighted by atomic mass is 16.6. The molecule has 0 aliphatic carbocycles. The van der Waals surface area contributed by atoms with Gasteiger partial charge in [-0.3, -0.25) is 9.59 Å². The molecule has 0 aliphatic heterocycles. The van der Waals surface area contributed by atoms with Crippen LogP contribution in [0.15, 0.2) is 48.6 Å². The molecule has 2 atom stereocenters. The summed E-state index contributed by atoms with van der Waals surface area (Å²) in [5.74, 6) is -1.47. The molecule has 0 aromatic carbocycles. The molecule has 0 bridgehead atoms. The zero-order valence-electron chi connectivity index (χ0n) is 41.8. The molecule has 0 amide bonds. The highest BCUT2D eigenvalue weighted by Gasteiger charge is 2.31. The van der Waals surface area contributed by atoms with Gasteiger partial charge >= 0.3 is 17.9 Å². The minimum atomic E-state index is -0.875. The summed E-state index contributed by atoms with van der Waals surface area (Å²) in [7, 11) is 5.54. The summed E-state index contributed by atoms with van der Waals surface area (Å²) >= 11 is 0. The minimum absolute atomic E-state index is 0.0535. The Hall–Kier alpha value is -2.71. The van der Waals surface area contributed by atoms with Crippen LogP contribution in [0.4, 0.5) is 0 Å². The van der Waals surface area contributed by atoms with E-state index >= 15 is 0 Å². The number of carboxylic acid groups (broad SMARTS) is 1. The number of esters is 2. The fourth-order valence-electron chi connectivity index (χ4n) is 7.66. The summed E-state index contributed by atoms with van der Waals surface area (Å²) in [4.78, 5) is 37.2. The Morgan fingerprint density at radius 2 is 0.825 bits per heavy atom. The van der Waals surface area contributed by atoms with Gasteiger partial charge in [0.2, 0.25) is 0 Å². The Labute approximate surface area is 388 Å². The molecule has 63 heavy (non-hydrogen) atoms. The second-order valence-electron chi connectivity index (χ2n) is 18.8. The molecule has 2 unspecified atom stereocenters. The maximum Gasteiger partial charge on any atom is 0.362 e. The number of aliphatic carboxylic acids is 1. The molecule has 8 nitrogen and oxygen atoms in total. The number of allylic oxidation sites excluding steroid dienone is 8. The lowest BCUT2D eigenvalue weighted by molar-refractivity contribution is -0.887. The fourth-order valence-corrected chi connectivity index (χ4v) is 7.66. The Balaban J connectivity index is 4.24. The van der Waals surface area contributed by atoms with Gasteiger partial charge in [-0.05, 0) is 64.2 Å². The molecule has 0 saturated carbocycles. The molecule has 0 saturated heterocycles. The van der Waals surface area contributed by atoms with Crippen molar-refractivity contribution in [1.82, 2.24) is 0 Å². The van der Waals surface area contributed by atoms with Crippen molar-refractivity contribution in [2.45, 2.75) is 244 Å². The lowest BCUT2D eigenvalue weighted by Crippen LogP contribution is -2.50. The molecule has 8 heteroatoms. The zero-order chi connectivity index (χ0) is 46.3. The number of ether oxygens (including phenoxy) is 3. The Kier molecular flexibility index (Phi) is 43.9. The normalized spacial score (nSPS) is 13.2. The lowest BCUT2D eigenvalue weighted by Gasteiger charge is -2.31. The van der Waals surface area contributed by atoms with Gasteiger partial charge in [-0.2, -0.15) is 0 Å². The van der Waals surface area contributed by atoms with Crippen molar-refractivity contribution in [2.75, 3.05) is 41.0 Å². The SMILES string of the molecule is CCCCC/C=C/C=C/CCCCCCCCCCCCC(=O)OCC(COCCC(C(=O)O)[N+](C)(C)C)OC(=O)CCCCCCCCCCCC/C=C/C=C/CCCCCC. The number of hydrogen-bond acceptors (Lipinski definition) is 6. The van der Waals surface area contributed by atoms with Crippen LogP contribution in [0.1, 0.15) is 232 Å². The van der Waals surface area contributed by atoms with Crippen LogP contribution < -0.4 is 0 Å². The molecule has 0 spiro atoms. The molecule has 0 aliphatic rings. The molecule has 0 rings (SSSR count). The van der Waals surface area contributed by atoms with Crippen LogP contribution in [0.3, 0.4) is 0 Å². The number of carbonyl (C=O) groups excluding carboxylic acids is 2. The van der Waals surface area contributed by atoms with Gasteiger partial charge in [-0.25, -0.2) is 4.79 Å². The van der Waals surface area contributed by atoms with E-state index < -0.39 is 18.1 Å². The molecular weight excluding hydrogens is 787 g/mol. The largest absolute Gasteiger partial charge is 0.477 e. The van der Waals surface area contributed by atoms with Gasteiger partial charge in [0.25, 0.3) is 0 Å². The number of rotatable bonds is 47. The van der Waals surface area contributed by atoms with Crippen molar-refractivity contribution in [3.63, 3.8) is 0 Å². The Morgan fingerprint density at radius 1 is 0.476 bits per heavy atom. The van der Waals surface area contributed by atoms with Crippen LogP contribution in [-0.4, -0.2) is 80.6 Å². The smallest absolute Gasteiger partial charge is 0.362 e. The number of carboxylic acids is 1. The first-order chi connectivity index (χ1) is 30.6. The number of likely N-dealkylation sites (N-methyl/N-ethyl adjacent to an activating group) is 1. The van der Waals surface area contributed by atoms with Crippen LogP contribution >= 0.6 is 0 Å². The second-order valence-corrected chi connectivity index (χ2v) is 18.8. The highest BCUT2D eigenvalue weighted by molar-refractivity contribution is 5.72. The van der Waals surface area contributed by atoms with Gasteiger partial charge in [-0.1, -0.05) is 197 Å². The van der Waals surface area contributed by atoms with E-state index in [1.165, 1.54) is 161 Å². The summed E-state index contributed by atoms with van der Waals surface area (Å²) < 4.78 is 17.4. The summed E-state index contributed by atoms with van der Waals surface area (Å²) in [6, 6.07) is -0.617. The van der Waals surface area contributed by atoms with Gasteiger partial charge < -0.3 is 23.8 Å². The molecule has 0 fully saturated rings. The zero-order valence-corrected chi connectivity index (χ0v) is 41.8. The molecule has 0 aromatic rings. The van der Waals surface area contributed by atoms with Crippen molar-refractivity contribution >= 4 is 17.9 Å². The van der Waals surface area contributed by atoms with Crippen molar-refractivity contribution in [3.8, 4) is 0 Å². The van der Waals surface area contributed by atoms with Crippen molar-refractivity contribution < 1.29 is 38.2 Å². The standard InChI is InChI=1S/C55H99NO7/c1-6-8-10-12-14-16-18-20-22-24-26-28-30-32-34-36-38-40-42-44-46-54(58)63-51(49-61-48-47-52(55(59)60)56(3,4)5)50-62-53(57)45-43-41-39-37-35-33-31-29-27-25-23-21-19-17-15-13-11-9-7-2/h15-22,51-52H,6-14,23-50H2,1-5H3/p+1/b17-15+,18-16+,21-19+,22-20+. The van der Waals surface area contributed by atoms with E-state index in [4.69, 9.17) is 14.2 Å². The number of carbonyl (C=O) groups is 3. The van der Waals surface area contributed by atoms with Gasteiger partial charge in [-0.15, -0.1) is 0 Å². The average Bonchev–Trinajstić information content (AvgIpc) is 3.24. The first-order valence-electron chi connectivity index (χ1n) is 26.2. The molecular formula is C55H100NO7+. The van der Waals surface area contributed by atoms with Crippen molar-refractivity contribution in [2.24, 2.45) is 0 Å². The molecule has 0 radical (unpaired) electrons. The maximum absolute atomic E-state index is 12.8. The minimum Gasteiger partial charge on any atom is -0.477 e. The monoisotopic (exact) mass is 887 g/mol. The molecule has 366 valence electrons. The molecule has 0 aromatic heterocycles. The van der Waals surface area contributed by atoms with E-state index in [0.29, 0.717) is 19.3 Å². The van der Waals surface area contributed by atoms with E-state index in [-0.39, 0.29) is 36.2 Å². The van der Waals surface area contributed by atoms with Gasteiger partial charge in [0.1, 0.15) is 6.61 Å². The predicted octanol–water partition coefficient (Wildman–Crippen LogP) is 15.1. The van der Waals surface area contributed by atoms with E-state index in [2.05, 4.69) is 62.5 Å². The van der Waals surface area contributed by atoms with E-state index in [1.807, 2.05) is 21.1 Å². The quantitative estimate of drug-likeness (QED) is 0.0281.